The van der Waals surface area contributed by atoms with E-state index in [2.05, 4.69) is 9.97 Å². The lowest BCUT2D eigenvalue weighted by atomic mass is 10.7. The summed E-state index contributed by atoms with van der Waals surface area (Å²) in [5.41, 5.74) is 0. The van der Waals surface area contributed by atoms with Crippen LogP contribution in [0.15, 0.2) is 23.6 Å². The van der Waals surface area contributed by atoms with Crippen LogP contribution in [-0.4, -0.2) is 19.4 Å². The Labute approximate surface area is 71.0 Å². The number of aromatic nitrogens is 2. The van der Waals surface area contributed by atoms with E-state index in [1.54, 1.807) is 0 Å². The van der Waals surface area contributed by atoms with Crippen LogP contribution in [0, 0.1) is 4.78 Å². The maximum Gasteiger partial charge on any atom is 0.115 e. The largest absolute Gasteiger partial charge is 0.249 e. The highest BCUT2D eigenvalue weighted by Gasteiger charge is 2.33. The van der Waals surface area contributed by atoms with Gasteiger partial charge in [0.15, 0.2) is 0 Å². The van der Waals surface area contributed by atoms with Gasteiger partial charge in [-0.15, -0.1) is 0 Å². The third kappa shape index (κ3) is 1.20. The Kier molecular flexibility index (Phi) is 1.61. The van der Waals surface area contributed by atoms with Crippen LogP contribution in [0.2, 0.25) is 0 Å². The van der Waals surface area contributed by atoms with E-state index in [4.69, 9.17) is 4.78 Å². The summed E-state index contributed by atoms with van der Waals surface area (Å²) in [6.45, 7) is 0. The van der Waals surface area contributed by atoms with Gasteiger partial charge in [0, 0.05) is 17.6 Å². The van der Waals surface area contributed by atoms with E-state index < -0.39 is 9.73 Å². The normalized spacial score (nSPS) is 21.7. The maximum absolute atomic E-state index is 11.7. The van der Waals surface area contributed by atoms with E-state index in [1.165, 1.54) is 18.7 Å². The van der Waals surface area contributed by atoms with Gasteiger partial charge in [0.1, 0.15) is 6.33 Å². The third-order valence-corrected chi connectivity index (χ3v) is 4.20. The van der Waals surface area contributed by atoms with Gasteiger partial charge in [-0.25, -0.2) is 19.0 Å². The summed E-state index contributed by atoms with van der Waals surface area (Å²) in [6.07, 6.45) is 6.13. The lowest BCUT2D eigenvalue weighted by Gasteiger charge is -2.02. The molecule has 0 bridgehead atoms. The van der Waals surface area contributed by atoms with Gasteiger partial charge in [0.2, 0.25) is 0 Å². The van der Waals surface area contributed by atoms with Crippen LogP contribution in [0.1, 0.15) is 12.8 Å². The molecule has 1 heterocycles. The van der Waals surface area contributed by atoms with Crippen molar-refractivity contribution < 1.29 is 4.21 Å². The van der Waals surface area contributed by atoms with E-state index in [9.17, 15) is 4.21 Å². The molecule has 0 radical (unpaired) electrons. The quantitative estimate of drug-likeness (QED) is 0.745. The number of nitrogens with zero attached hydrogens (tertiary/aromatic N) is 2. The van der Waals surface area contributed by atoms with Crippen LogP contribution in [0.4, 0.5) is 0 Å². The van der Waals surface area contributed by atoms with Gasteiger partial charge in [-0.05, 0) is 12.8 Å². The summed E-state index contributed by atoms with van der Waals surface area (Å²) in [5.74, 6) is 0. The Bertz CT molecular complexity index is 369. The van der Waals surface area contributed by atoms with E-state index in [-0.39, 0.29) is 5.25 Å². The van der Waals surface area contributed by atoms with Crippen LogP contribution in [-0.2, 0) is 9.73 Å². The molecule has 1 aliphatic carbocycles. The van der Waals surface area contributed by atoms with E-state index in [1.807, 2.05) is 0 Å². The van der Waals surface area contributed by atoms with Crippen LogP contribution >= 0.6 is 0 Å². The molecule has 0 spiro atoms. The number of hydrogen-bond acceptors (Lipinski definition) is 4. The van der Waals surface area contributed by atoms with Gasteiger partial charge >= 0.3 is 0 Å². The number of hydrogen-bond donors (Lipinski definition) is 1. The molecular weight excluding hydrogens is 174 g/mol. The first-order chi connectivity index (χ1) is 5.71. The zero-order valence-corrected chi connectivity index (χ0v) is 7.25. The highest BCUT2D eigenvalue weighted by Crippen LogP contribution is 2.33. The minimum absolute atomic E-state index is 0.0449. The molecule has 1 atom stereocenters. The molecule has 1 aromatic rings. The summed E-state index contributed by atoms with van der Waals surface area (Å²) in [4.78, 5) is 7.97. The van der Waals surface area contributed by atoms with Crippen molar-refractivity contribution in [3.05, 3.63) is 18.7 Å². The Morgan fingerprint density at radius 2 is 2.00 bits per heavy atom. The lowest BCUT2D eigenvalue weighted by molar-refractivity contribution is 0.673. The smallest absolute Gasteiger partial charge is 0.115 e. The fourth-order valence-corrected chi connectivity index (χ4v) is 2.65. The molecule has 1 N–H and O–H groups in total. The van der Waals surface area contributed by atoms with Gasteiger partial charge in [0.25, 0.3) is 0 Å². The molecule has 0 aromatic carbocycles. The average molecular weight is 183 g/mol. The van der Waals surface area contributed by atoms with Crippen molar-refractivity contribution in [1.29, 1.82) is 4.78 Å². The zero-order chi connectivity index (χ0) is 8.60. The van der Waals surface area contributed by atoms with E-state index in [0.29, 0.717) is 4.90 Å². The molecule has 1 aliphatic rings. The minimum atomic E-state index is -2.59. The van der Waals surface area contributed by atoms with Gasteiger partial charge < -0.3 is 0 Å². The summed E-state index contributed by atoms with van der Waals surface area (Å²) in [6, 6.07) is 0. The van der Waals surface area contributed by atoms with Crippen LogP contribution in [0.5, 0.6) is 0 Å². The first kappa shape index (κ1) is 7.67. The molecule has 0 aliphatic heterocycles. The second-order valence-electron chi connectivity index (χ2n) is 2.87. The molecular formula is C7H9N3OS. The van der Waals surface area contributed by atoms with E-state index in [0.717, 1.165) is 12.8 Å². The van der Waals surface area contributed by atoms with Crippen molar-refractivity contribution in [2.45, 2.75) is 23.0 Å². The molecule has 4 nitrogen and oxygen atoms in total. The Morgan fingerprint density at radius 3 is 2.50 bits per heavy atom. The molecule has 5 heteroatoms. The predicted molar refractivity (Wildman–Crippen MR) is 44.2 cm³/mol. The average Bonchev–Trinajstić information content (AvgIpc) is 2.88. The molecule has 1 fully saturated rings. The second kappa shape index (κ2) is 2.52. The van der Waals surface area contributed by atoms with Crippen molar-refractivity contribution >= 4 is 9.73 Å². The number of rotatable bonds is 2. The molecule has 0 saturated heterocycles. The molecule has 1 saturated carbocycles. The van der Waals surface area contributed by atoms with Crippen molar-refractivity contribution in [3.63, 3.8) is 0 Å². The SMILES string of the molecule is N=S(=O)(c1cncnc1)C1CC1. The molecule has 1 aromatic heterocycles. The monoisotopic (exact) mass is 183 g/mol. The first-order valence-corrected chi connectivity index (χ1v) is 5.36. The van der Waals surface area contributed by atoms with Crippen molar-refractivity contribution in [2.24, 2.45) is 0 Å². The lowest BCUT2D eigenvalue weighted by Crippen LogP contribution is -2.05. The Balaban J connectivity index is 2.42. The fraction of sp³-hybridized carbons (Fsp3) is 0.429. The highest BCUT2D eigenvalue weighted by molar-refractivity contribution is 7.93. The Morgan fingerprint density at radius 1 is 1.42 bits per heavy atom. The van der Waals surface area contributed by atoms with Crippen LogP contribution in [0.25, 0.3) is 0 Å². The summed E-state index contributed by atoms with van der Waals surface area (Å²) < 4.78 is 19.4. The van der Waals surface area contributed by atoms with Crippen LogP contribution in [0.3, 0.4) is 0 Å². The third-order valence-electron chi connectivity index (χ3n) is 1.88. The summed E-state index contributed by atoms with van der Waals surface area (Å²) in [7, 11) is -2.59. The first-order valence-electron chi connectivity index (χ1n) is 3.74. The van der Waals surface area contributed by atoms with Gasteiger partial charge in [-0.1, -0.05) is 0 Å². The van der Waals surface area contributed by atoms with Gasteiger partial charge in [-0.3, -0.25) is 0 Å². The fourth-order valence-electron chi connectivity index (χ4n) is 1.03. The summed E-state index contributed by atoms with van der Waals surface area (Å²) in [5, 5.41) is 0.0449. The second-order valence-corrected chi connectivity index (χ2v) is 5.21. The molecule has 2 rings (SSSR count). The molecule has 64 valence electrons. The van der Waals surface area contributed by atoms with Gasteiger partial charge in [-0.2, -0.15) is 0 Å². The summed E-state index contributed by atoms with van der Waals surface area (Å²) >= 11 is 0. The van der Waals surface area contributed by atoms with Crippen LogP contribution < -0.4 is 0 Å². The minimum Gasteiger partial charge on any atom is -0.249 e. The Hall–Kier alpha value is -0.970. The molecule has 12 heavy (non-hydrogen) atoms. The maximum atomic E-state index is 11.7. The predicted octanol–water partition coefficient (Wildman–Crippen LogP) is 1.04. The van der Waals surface area contributed by atoms with Crippen molar-refractivity contribution in [2.75, 3.05) is 0 Å². The van der Waals surface area contributed by atoms with E-state index >= 15 is 0 Å². The standard InChI is InChI=1S/C7H9N3OS/c8-12(11,6-1-2-6)7-3-9-5-10-4-7/h3-6,8H,1-2H2. The zero-order valence-electron chi connectivity index (χ0n) is 6.43. The highest BCUT2D eigenvalue weighted by atomic mass is 32.2. The number of nitrogens with one attached hydrogen (secondary N) is 1. The topological polar surface area (TPSA) is 66.7 Å². The van der Waals surface area contributed by atoms with Gasteiger partial charge in [0.05, 0.1) is 14.6 Å². The molecule has 0 amide bonds. The van der Waals surface area contributed by atoms with Crippen molar-refractivity contribution in [3.8, 4) is 0 Å². The molecule has 1 unspecified atom stereocenters. The van der Waals surface area contributed by atoms with Crippen molar-refractivity contribution in [1.82, 2.24) is 9.97 Å².